The van der Waals surface area contributed by atoms with E-state index in [4.69, 9.17) is 10.4 Å². The summed E-state index contributed by atoms with van der Waals surface area (Å²) in [5.74, 6) is 0.474. The van der Waals surface area contributed by atoms with Crippen LogP contribution in [0.2, 0.25) is 0 Å². The number of fused-ring (bicyclic) bond motifs is 1. The maximum Gasteiger partial charge on any atom is 0.313 e. The summed E-state index contributed by atoms with van der Waals surface area (Å²) in [7, 11) is 0. The van der Waals surface area contributed by atoms with Crippen LogP contribution in [0.25, 0.3) is 11.0 Å². The van der Waals surface area contributed by atoms with Crippen molar-refractivity contribution >= 4 is 28.8 Å². The fraction of sp³-hybridized carbons (Fsp3) is 0.400. The molecule has 1 aliphatic rings. The Balaban J connectivity index is 2.00. The van der Waals surface area contributed by atoms with Crippen molar-refractivity contribution < 1.29 is 9.90 Å². The van der Waals surface area contributed by atoms with Gasteiger partial charge in [-0.3, -0.25) is 4.79 Å². The normalized spacial score (nSPS) is 20.4. The predicted octanol–water partition coefficient (Wildman–Crippen LogP) is 2.74. The molecule has 0 aliphatic heterocycles. The minimum Gasteiger partial charge on any atom is -0.481 e. The van der Waals surface area contributed by atoms with Crippen LogP contribution < -0.4 is 0 Å². The minimum absolute atomic E-state index is 0.00531. The van der Waals surface area contributed by atoms with Crippen molar-refractivity contribution in [2.45, 2.75) is 25.0 Å². The molecule has 2 aromatic rings. The van der Waals surface area contributed by atoms with Gasteiger partial charge < -0.3 is 9.67 Å². The number of thioether (sulfide) groups is 1. The molecule has 1 N–H and O–H groups in total. The van der Waals surface area contributed by atoms with Crippen LogP contribution in [0.15, 0.2) is 23.4 Å². The summed E-state index contributed by atoms with van der Waals surface area (Å²) in [6.45, 7) is 3.06. The number of rotatable bonds is 5. The second-order valence-corrected chi connectivity index (χ2v) is 6.42. The highest BCUT2D eigenvalue weighted by Gasteiger charge is 2.33. The first kappa shape index (κ1) is 14.0. The Morgan fingerprint density at radius 1 is 1.62 bits per heavy atom. The van der Waals surface area contributed by atoms with Crippen molar-refractivity contribution in [1.29, 1.82) is 5.26 Å². The van der Waals surface area contributed by atoms with Gasteiger partial charge in [-0.1, -0.05) is 18.7 Å². The van der Waals surface area contributed by atoms with Crippen LogP contribution in [-0.4, -0.2) is 26.4 Å². The van der Waals surface area contributed by atoms with Crippen molar-refractivity contribution in [3.8, 4) is 6.07 Å². The van der Waals surface area contributed by atoms with E-state index in [0.717, 1.165) is 22.7 Å². The van der Waals surface area contributed by atoms with E-state index in [-0.39, 0.29) is 5.75 Å². The number of hydrogen-bond donors (Lipinski definition) is 1. The molecule has 0 bridgehead atoms. The smallest absolute Gasteiger partial charge is 0.313 e. The molecular weight excluding hydrogens is 286 g/mol. The van der Waals surface area contributed by atoms with E-state index in [1.54, 1.807) is 6.07 Å². The molecule has 1 heterocycles. The van der Waals surface area contributed by atoms with E-state index >= 15 is 0 Å². The zero-order valence-electron chi connectivity index (χ0n) is 11.6. The van der Waals surface area contributed by atoms with Gasteiger partial charge in [-0.25, -0.2) is 4.98 Å². The summed E-state index contributed by atoms with van der Waals surface area (Å²) in [4.78, 5) is 15.3. The van der Waals surface area contributed by atoms with E-state index in [1.807, 2.05) is 12.1 Å². The summed E-state index contributed by atoms with van der Waals surface area (Å²) >= 11 is 1.23. The van der Waals surface area contributed by atoms with Crippen molar-refractivity contribution in [2.75, 3.05) is 5.75 Å². The van der Waals surface area contributed by atoms with Gasteiger partial charge in [-0.15, -0.1) is 0 Å². The second kappa shape index (κ2) is 5.41. The van der Waals surface area contributed by atoms with Gasteiger partial charge >= 0.3 is 5.97 Å². The summed E-state index contributed by atoms with van der Waals surface area (Å²) in [6, 6.07) is 7.54. The molecule has 2 unspecified atom stereocenters. The number of hydrogen-bond acceptors (Lipinski definition) is 4. The highest BCUT2D eigenvalue weighted by Crippen LogP contribution is 2.40. The third-order valence-electron chi connectivity index (χ3n) is 3.86. The SMILES string of the molecule is CC1CC1Cn1c(SCC(=O)O)nc2ccc(C#N)cc21. The lowest BCUT2D eigenvalue weighted by atomic mass is 10.2. The van der Waals surface area contributed by atoms with Crippen LogP contribution >= 0.6 is 11.8 Å². The van der Waals surface area contributed by atoms with Gasteiger partial charge in [0.15, 0.2) is 5.16 Å². The summed E-state index contributed by atoms with van der Waals surface area (Å²) in [5.41, 5.74) is 2.33. The summed E-state index contributed by atoms with van der Waals surface area (Å²) < 4.78 is 2.07. The van der Waals surface area contributed by atoms with Gasteiger partial charge in [0.25, 0.3) is 0 Å². The van der Waals surface area contributed by atoms with Gasteiger partial charge in [0, 0.05) is 6.54 Å². The Kier molecular flexibility index (Phi) is 3.60. The van der Waals surface area contributed by atoms with Gasteiger partial charge in [0.1, 0.15) is 0 Å². The Labute approximate surface area is 126 Å². The number of carboxylic acid groups (broad SMARTS) is 1. The Hall–Kier alpha value is -2.00. The third kappa shape index (κ3) is 2.88. The van der Waals surface area contributed by atoms with E-state index in [2.05, 4.69) is 22.5 Å². The molecule has 1 aromatic heterocycles. The van der Waals surface area contributed by atoms with E-state index in [1.165, 1.54) is 18.2 Å². The molecule has 108 valence electrons. The molecular formula is C15H15N3O2S. The Morgan fingerprint density at radius 3 is 3.00 bits per heavy atom. The number of carboxylic acids is 1. The van der Waals surface area contributed by atoms with Gasteiger partial charge in [-0.2, -0.15) is 5.26 Å². The Bertz CT molecular complexity index is 747. The molecule has 6 heteroatoms. The molecule has 3 rings (SSSR count). The first-order valence-electron chi connectivity index (χ1n) is 6.83. The van der Waals surface area contributed by atoms with Crippen molar-refractivity contribution in [1.82, 2.24) is 9.55 Å². The van der Waals surface area contributed by atoms with E-state index in [9.17, 15) is 4.79 Å². The van der Waals surface area contributed by atoms with Gasteiger partial charge in [0.05, 0.1) is 28.4 Å². The number of imidazole rings is 1. The maximum atomic E-state index is 10.8. The largest absolute Gasteiger partial charge is 0.481 e. The molecule has 1 aromatic carbocycles. The lowest BCUT2D eigenvalue weighted by molar-refractivity contribution is -0.133. The van der Waals surface area contributed by atoms with Crippen molar-refractivity contribution in [2.24, 2.45) is 11.8 Å². The third-order valence-corrected chi connectivity index (χ3v) is 4.82. The van der Waals surface area contributed by atoms with Gasteiger partial charge in [-0.05, 0) is 36.5 Å². The maximum absolute atomic E-state index is 10.8. The lowest BCUT2D eigenvalue weighted by Gasteiger charge is -2.07. The molecule has 0 radical (unpaired) electrons. The monoisotopic (exact) mass is 301 g/mol. The number of aromatic nitrogens is 2. The molecule has 21 heavy (non-hydrogen) atoms. The minimum atomic E-state index is -0.851. The number of nitriles is 1. The van der Waals surface area contributed by atoms with E-state index in [0.29, 0.717) is 17.4 Å². The molecule has 1 fully saturated rings. The molecule has 2 atom stereocenters. The predicted molar refractivity (Wildman–Crippen MR) is 80.1 cm³/mol. The average molecular weight is 301 g/mol. The standard InChI is InChI=1S/C15H15N3O2S/c1-9-4-11(9)7-18-13-5-10(6-16)2-3-12(13)17-15(18)21-8-14(19)20/h2-3,5,9,11H,4,7-8H2,1H3,(H,19,20). The number of aliphatic carboxylic acids is 1. The van der Waals surface area contributed by atoms with Crippen LogP contribution in [0.4, 0.5) is 0 Å². The number of nitrogens with zero attached hydrogens (tertiary/aromatic N) is 3. The first-order chi connectivity index (χ1) is 10.1. The molecule has 0 amide bonds. The fourth-order valence-electron chi connectivity index (χ4n) is 2.47. The van der Waals surface area contributed by atoms with Gasteiger partial charge in [0.2, 0.25) is 0 Å². The Morgan fingerprint density at radius 2 is 2.38 bits per heavy atom. The van der Waals surface area contributed by atoms with Crippen LogP contribution in [0.5, 0.6) is 0 Å². The van der Waals surface area contributed by atoms with E-state index < -0.39 is 5.97 Å². The fourth-order valence-corrected chi connectivity index (χ4v) is 3.22. The number of carbonyl (C=O) groups is 1. The summed E-state index contributed by atoms with van der Waals surface area (Å²) in [5, 5.41) is 18.6. The molecule has 1 aliphatic carbocycles. The van der Waals surface area contributed by atoms with Crippen LogP contribution in [-0.2, 0) is 11.3 Å². The zero-order chi connectivity index (χ0) is 15.0. The highest BCUT2D eigenvalue weighted by molar-refractivity contribution is 7.99. The zero-order valence-corrected chi connectivity index (χ0v) is 12.4. The molecule has 0 saturated heterocycles. The lowest BCUT2D eigenvalue weighted by Crippen LogP contribution is -2.05. The van der Waals surface area contributed by atoms with Crippen molar-refractivity contribution in [3.63, 3.8) is 0 Å². The second-order valence-electron chi connectivity index (χ2n) is 5.48. The first-order valence-corrected chi connectivity index (χ1v) is 7.82. The van der Waals surface area contributed by atoms with Crippen molar-refractivity contribution in [3.05, 3.63) is 23.8 Å². The number of benzene rings is 1. The molecule has 1 saturated carbocycles. The van der Waals surface area contributed by atoms with Crippen LogP contribution in [0.1, 0.15) is 18.9 Å². The quantitative estimate of drug-likeness (QED) is 0.859. The summed E-state index contributed by atoms with van der Waals surface area (Å²) in [6.07, 6.45) is 1.20. The average Bonchev–Trinajstić information content (AvgIpc) is 3.05. The van der Waals surface area contributed by atoms with Crippen LogP contribution in [0.3, 0.4) is 0 Å². The molecule has 0 spiro atoms. The van der Waals surface area contributed by atoms with Crippen LogP contribution in [0, 0.1) is 23.2 Å². The molecule has 5 nitrogen and oxygen atoms in total. The highest BCUT2D eigenvalue weighted by atomic mass is 32.2. The topological polar surface area (TPSA) is 78.9 Å².